The Morgan fingerprint density at radius 2 is 1.72 bits per heavy atom. The van der Waals surface area contributed by atoms with Gasteiger partial charge in [-0.3, -0.25) is 14.9 Å². The van der Waals surface area contributed by atoms with Crippen LogP contribution in [0.5, 0.6) is 0 Å². The normalized spacial score (nSPS) is 12.2. The Balaban J connectivity index is 1.85. The van der Waals surface area contributed by atoms with Gasteiger partial charge in [0.25, 0.3) is 5.69 Å². The monoisotopic (exact) mass is 435 g/mol. The Labute approximate surface area is 184 Å². The molecule has 0 N–H and O–H groups in total. The number of anilines is 3. The van der Waals surface area contributed by atoms with Crippen molar-refractivity contribution in [1.29, 1.82) is 5.26 Å². The lowest BCUT2D eigenvalue weighted by molar-refractivity contribution is -0.384. The van der Waals surface area contributed by atoms with Crippen LogP contribution in [-0.4, -0.2) is 51.5 Å². The third-order valence-corrected chi connectivity index (χ3v) is 5.08. The van der Waals surface area contributed by atoms with Crippen LogP contribution in [0.3, 0.4) is 0 Å². The van der Waals surface area contributed by atoms with Gasteiger partial charge in [-0.25, -0.2) is 4.79 Å². The van der Waals surface area contributed by atoms with Crippen LogP contribution in [0.2, 0.25) is 0 Å². The molecule has 1 heterocycles. The number of nitro groups is 1. The number of rotatable bonds is 6. The van der Waals surface area contributed by atoms with Gasteiger partial charge in [0, 0.05) is 40.3 Å². The van der Waals surface area contributed by atoms with E-state index in [1.54, 1.807) is 42.9 Å². The number of non-ortho nitro benzene ring substituents is 1. The second-order valence-corrected chi connectivity index (χ2v) is 7.27. The van der Waals surface area contributed by atoms with Gasteiger partial charge in [-0.15, -0.1) is 0 Å². The first kappa shape index (κ1) is 22.3. The molecule has 0 aliphatic carbocycles. The lowest BCUT2D eigenvalue weighted by Crippen LogP contribution is -2.28. The Hall–Kier alpha value is -4.39. The summed E-state index contributed by atoms with van der Waals surface area (Å²) in [7, 11) is 6.82. The molecule has 1 aliphatic heterocycles. The average Bonchev–Trinajstić information content (AvgIpc) is 3.03. The Morgan fingerprint density at radius 3 is 2.22 bits per heavy atom. The molecule has 0 bridgehead atoms. The molecule has 3 rings (SSSR count). The minimum Gasteiger partial charge on any atom is -0.454 e. The third-order valence-electron chi connectivity index (χ3n) is 5.08. The smallest absolute Gasteiger partial charge is 0.340 e. The number of nitrogens with zero attached hydrogens (tertiary/aromatic N) is 5. The third kappa shape index (κ3) is 3.96. The maximum absolute atomic E-state index is 12.8. The first-order chi connectivity index (χ1) is 15.2. The van der Waals surface area contributed by atoms with Crippen molar-refractivity contribution in [3.05, 3.63) is 69.5 Å². The molecule has 0 atom stereocenters. The van der Waals surface area contributed by atoms with E-state index in [1.807, 2.05) is 30.3 Å². The van der Waals surface area contributed by atoms with E-state index < -0.39 is 23.3 Å². The zero-order chi connectivity index (χ0) is 23.6. The Morgan fingerprint density at radius 1 is 1.12 bits per heavy atom. The molecule has 0 saturated carbocycles. The summed E-state index contributed by atoms with van der Waals surface area (Å²) in [4.78, 5) is 41.0. The van der Waals surface area contributed by atoms with Gasteiger partial charge in [0.15, 0.2) is 6.61 Å². The van der Waals surface area contributed by atoms with E-state index in [1.165, 1.54) is 12.1 Å². The van der Waals surface area contributed by atoms with Gasteiger partial charge in [0.1, 0.15) is 17.5 Å². The number of ether oxygens (including phenoxy) is 1. The fourth-order valence-corrected chi connectivity index (χ4v) is 3.53. The number of ketones is 1. The van der Waals surface area contributed by atoms with E-state index in [0.29, 0.717) is 11.5 Å². The predicted octanol–water partition coefficient (Wildman–Crippen LogP) is 2.71. The molecule has 0 radical (unpaired) electrons. The summed E-state index contributed by atoms with van der Waals surface area (Å²) in [5.41, 5.74) is 1.57. The van der Waals surface area contributed by atoms with Crippen LogP contribution in [0.15, 0.2) is 53.9 Å². The number of benzene rings is 2. The largest absolute Gasteiger partial charge is 0.454 e. The van der Waals surface area contributed by atoms with Gasteiger partial charge in [-0.05, 0) is 18.2 Å². The highest BCUT2D eigenvalue weighted by atomic mass is 16.6. The van der Waals surface area contributed by atoms with Gasteiger partial charge in [-0.2, -0.15) is 5.26 Å². The molecule has 0 aromatic heterocycles. The summed E-state index contributed by atoms with van der Waals surface area (Å²) < 4.78 is 5.15. The molecular formula is C22H21N5O5. The first-order valence-corrected chi connectivity index (χ1v) is 9.54. The number of fused-ring (bicyclic) bond motifs is 1. The standard InChI is InChI=1S/C22H21N5O5/c1-24(2)17-10-9-14(27(30)31)11-15(17)22(29)32-13-20(28)16(12-23)21-25(3)18-7-5-6-8-19(18)26(21)4/h5-11H,13H2,1-4H3. The first-order valence-electron chi connectivity index (χ1n) is 9.54. The lowest BCUT2D eigenvalue weighted by atomic mass is 10.1. The van der Waals surface area contributed by atoms with E-state index >= 15 is 0 Å². The second kappa shape index (κ2) is 8.77. The highest BCUT2D eigenvalue weighted by Gasteiger charge is 2.31. The van der Waals surface area contributed by atoms with Gasteiger partial charge in [0.05, 0.1) is 27.5 Å². The van der Waals surface area contributed by atoms with Crippen molar-refractivity contribution in [2.75, 3.05) is 49.5 Å². The van der Waals surface area contributed by atoms with Crippen molar-refractivity contribution >= 4 is 34.5 Å². The maximum atomic E-state index is 12.8. The quantitative estimate of drug-likeness (QED) is 0.222. The molecule has 0 amide bonds. The topological polar surface area (TPSA) is 120 Å². The Bertz CT molecular complexity index is 1150. The van der Waals surface area contributed by atoms with Crippen LogP contribution < -0.4 is 14.7 Å². The summed E-state index contributed by atoms with van der Waals surface area (Å²) >= 11 is 0. The molecule has 0 spiro atoms. The van der Waals surface area contributed by atoms with Crippen molar-refractivity contribution in [3.63, 3.8) is 0 Å². The maximum Gasteiger partial charge on any atom is 0.340 e. The van der Waals surface area contributed by atoms with Crippen molar-refractivity contribution in [2.45, 2.75) is 0 Å². The zero-order valence-corrected chi connectivity index (χ0v) is 18.0. The van der Waals surface area contributed by atoms with Crippen LogP contribution in [0.4, 0.5) is 22.7 Å². The van der Waals surface area contributed by atoms with Gasteiger partial charge in [-0.1, -0.05) is 12.1 Å². The van der Waals surface area contributed by atoms with E-state index in [0.717, 1.165) is 17.4 Å². The summed E-state index contributed by atoms with van der Waals surface area (Å²) in [6, 6.07) is 13.1. The molecule has 164 valence electrons. The molecule has 0 unspecified atom stereocenters. The van der Waals surface area contributed by atoms with E-state index in [2.05, 4.69) is 0 Å². The number of Topliss-reactive ketones (excluding diaryl/α,β-unsaturated/α-hetero) is 1. The fraction of sp³-hybridized carbons (Fsp3) is 0.227. The van der Waals surface area contributed by atoms with Crippen molar-refractivity contribution in [3.8, 4) is 6.07 Å². The van der Waals surface area contributed by atoms with E-state index in [-0.39, 0.29) is 16.8 Å². The van der Waals surface area contributed by atoms with Crippen molar-refractivity contribution < 1.29 is 19.2 Å². The summed E-state index contributed by atoms with van der Waals surface area (Å²) in [6.07, 6.45) is 0. The van der Waals surface area contributed by atoms with E-state index in [4.69, 9.17) is 4.74 Å². The SMILES string of the molecule is CN(C)c1ccc([N+](=O)[O-])cc1C(=O)OCC(=O)C(C#N)=C1N(C)c2ccccc2N1C. The highest BCUT2D eigenvalue weighted by molar-refractivity contribution is 6.05. The highest BCUT2D eigenvalue weighted by Crippen LogP contribution is 2.40. The average molecular weight is 435 g/mol. The summed E-state index contributed by atoms with van der Waals surface area (Å²) in [5, 5.41) is 20.8. The van der Waals surface area contributed by atoms with Gasteiger partial charge >= 0.3 is 5.97 Å². The minimum atomic E-state index is -0.899. The Kier molecular flexibility index (Phi) is 6.11. The number of hydrogen-bond donors (Lipinski definition) is 0. The molecule has 0 saturated heterocycles. The lowest BCUT2D eigenvalue weighted by Gasteiger charge is -2.20. The second-order valence-electron chi connectivity index (χ2n) is 7.27. The fourth-order valence-electron chi connectivity index (χ4n) is 3.53. The van der Waals surface area contributed by atoms with Crippen LogP contribution >= 0.6 is 0 Å². The zero-order valence-electron chi connectivity index (χ0n) is 18.0. The number of carbonyl (C=O) groups excluding carboxylic acids is 2. The molecule has 2 aromatic rings. The van der Waals surface area contributed by atoms with Crippen molar-refractivity contribution in [1.82, 2.24) is 0 Å². The van der Waals surface area contributed by atoms with Crippen LogP contribution in [0, 0.1) is 21.4 Å². The summed E-state index contributed by atoms with van der Waals surface area (Å²) in [6.45, 7) is -0.682. The number of esters is 1. The predicted molar refractivity (Wildman–Crippen MR) is 119 cm³/mol. The molecular weight excluding hydrogens is 414 g/mol. The number of para-hydroxylation sites is 2. The molecule has 10 nitrogen and oxygen atoms in total. The number of carbonyl (C=O) groups is 2. The van der Waals surface area contributed by atoms with Crippen LogP contribution in [-0.2, 0) is 9.53 Å². The van der Waals surface area contributed by atoms with Crippen molar-refractivity contribution in [2.24, 2.45) is 0 Å². The van der Waals surface area contributed by atoms with E-state index in [9.17, 15) is 25.0 Å². The molecule has 0 fully saturated rings. The number of nitro benzene ring substituents is 1. The summed E-state index contributed by atoms with van der Waals surface area (Å²) in [5.74, 6) is -1.21. The minimum absolute atomic E-state index is 0.0503. The van der Waals surface area contributed by atoms with Crippen LogP contribution in [0.1, 0.15) is 10.4 Å². The van der Waals surface area contributed by atoms with Crippen LogP contribution in [0.25, 0.3) is 0 Å². The molecule has 10 heteroatoms. The molecule has 2 aromatic carbocycles. The van der Waals surface area contributed by atoms with Gasteiger partial charge in [0.2, 0.25) is 5.78 Å². The number of nitriles is 1. The molecule has 32 heavy (non-hydrogen) atoms. The number of hydrogen-bond acceptors (Lipinski definition) is 9. The van der Waals surface area contributed by atoms with Gasteiger partial charge < -0.3 is 19.4 Å². The molecule has 1 aliphatic rings.